The summed E-state index contributed by atoms with van der Waals surface area (Å²) in [6.45, 7) is 1.12. The van der Waals surface area contributed by atoms with Gasteiger partial charge in [0.25, 0.3) is 0 Å². The third-order valence-electron chi connectivity index (χ3n) is 2.10. The largest absolute Gasteiger partial charge is 0.447 e. The van der Waals surface area contributed by atoms with Crippen molar-refractivity contribution >= 4 is 34.8 Å². The number of nitrogens with zero attached hydrogens (tertiary/aromatic N) is 1. The fourth-order valence-electron chi connectivity index (χ4n) is 1.35. The minimum Gasteiger partial charge on any atom is -0.447 e. The molecule has 0 radical (unpaired) electrons. The van der Waals surface area contributed by atoms with E-state index in [0.717, 1.165) is 9.27 Å². The highest BCUT2D eigenvalue weighted by Crippen LogP contribution is 2.21. The van der Waals surface area contributed by atoms with Crippen LogP contribution < -0.4 is 0 Å². The lowest BCUT2D eigenvalue weighted by atomic mass is 10.2. The molecular weight excluding hydrogens is 305 g/mol. The quantitative estimate of drug-likeness (QED) is 0.620. The Labute approximate surface area is 102 Å². The first-order chi connectivity index (χ1) is 7.27. The summed E-state index contributed by atoms with van der Waals surface area (Å²) in [7, 11) is 0. The lowest BCUT2D eigenvalue weighted by Crippen LogP contribution is -2.20. The fourth-order valence-corrected chi connectivity index (χ4v) is 2.15. The van der Waals surface area contributed by atoms with E-state index in [9.17, 15) is 4.79 Å². The van der Waals surface area contributed by atoms with Crippen molar-refractivity contribution in [3.8, 4) is 0 Å². The lowest BCUT2D eigenvalue weighted by molar-refractivity contribution is 0.166. The first-order valence-corrected chi connectivity index (χ1v) is 5.72. The summed E-state index contributed by atoms with van der Waals surface area (Å²) >= 11 is 2.15. The molecule has 1 aromatic carbocycles. The second-order valence-electron chi connectivity index (χ2n) is 3.14. The van der Waals surface area contributed by atoms with Crippen LogP contribution in [-0.2, 0) is 4.74 Å². The number of cyclic esters (lactones) is 1. The van der Waals surface area contributed by atoms with Crippen molar-refractivity contribution in [2.45, 2.75) is 0 Å². The molecule has 0 bridgehead atoms. The Balaban J connectivity index is 2.17. The molecule has 0 spiro atoms. The predicted octanol–water partition coefficient (Wildman–Crippen LogP) is 2.87. The van der Waals surface area contributed by atoms with Crippen LogP contribution in [0.15, 0.2) is 34.0 Å². The van der Waals surface area contributed by atoms with E-state index in [2.05, 4.69) is 22.6 Å². The van der Waals surface area contributed by atoms with Gasteiger partial charge < -0.3 is 4.74 Å². The van der Waals surface area contributed by atoms with Gasteiger partial charge in [0.2, 0.25) is 0 Å². The molecule has 0 saturated carbocycles. The first kappa shape index (κ1) is 10.5. The van der Waals surface area contributed by atoms with Gasteiger partial charge in [-0.05, 0) is 34.2 Å². The van der Waals surface area contributed by atoms with Crippen molar-refractivity contribution in [2.24, 2.45) is 0 Å². The molecule has 1 saturated heterocycles. The molecule has 0 N–H and O–H groups in total. The molecular formula is C11H10INO2. The normalized spacial score (nSPS) is 16.7. The zero-order valence-corrected chi connectivity index (χ0v) is 10.2. The highest BCUT2D eigenvalue weighted by Gasteiger charge is 2.23. The van der Waals surface area contributed by atoms with Crippen LogP contribution in [0.5, 0.6) is 0 Å². The minimum absolute atomic E-state index is 0.258. The number of benzene rings is 1. The molecule has 0 unspecified atom stereocenters. The number of amides is 1. The SMILES string of the molecule is O=C1OCCN1/C(I)=C\c1ccccc1. The molecule has 0 aromatic heterocycles. The maximum atomic E-state index is 11.3. The Morgan fingerprint density at radius 3 is 2.73 bits per heavy atom. The average Bonchev–Trinajstić information content (AvgIpc) is 2.66. The predicted molar refractivity (Wildman–Crippen MR) is 66.5 cm³/mol. The van der Waals surface area contributed by atoms with Crippen molar-refractivity contribution < 1.29 is 9.53 Å². The smallest absolute Gasteiger partial charge is 0.414 e. The van der Waals surface area contributed by atoms with Crippen LogP contribution in [0.3, 0.4) is 0 Å². The molecule has 1 amide bonds. The van der Waals surface area contributed by atoms with Crippen LogP contribution >= 0.6 is 22.6 Å². The summed E-state index contributed by atoms with van der Waals surface area (Å²) in [5.41, 5.74) is 1.08. The highest BCUT2D eigenvalue weighted by molar-refractivity contribution is 14.1. The Morgan fingerprint density at radius 1 is 1.40 bits per heavy atom. The average molecular weight is 315 g/mol. The van der Waals surface area contributed by atoms with Gasteiger partial charge in [-0.1, -0.05) is 30.3 Å². The molecule has 1 heterocycles. The molecule has 3 nitrogen and oxygen atoms in total. The number of ether oxygens (including phenoxy) is 1. The summed E-state index contributed by atoms with van der Waals surface area (Å²) in [5.74, 6) is 0. The molecule has 0 aliphatic carbocycles. The summed E-state index contributed by atoms with van der Waals surface area (Å²) in [4.78, 5) is 12.9. The van der Waals surface area contributed by atoms with E-state index in [1.165, 1.54) is 0 Å². The standard InChI is InChI=1S/C11H10INO2/c12-10(13-6-7-15-11(13)14)8-9-4-2-1-3-5-9/h1-5,8H,6-7H2/b10-8-. The number of hydrogen-bond donors (Lipinski definition) is 0. The summed E-state index contributed by atoms with van der Waals surface area (Å²) in [6.07, 6.45) is 1.71. The highest BCUT2D eigenvalue weighted by atomic mass is 127. The summed E-state index contributed by atoms with van der Waals surface area (Å²) in [5, 5.41) is 0. The van der Waals surface area contributed by atoms with Crippen molar-refractivity contribution in [1.82, 2.24) is 4.90 Å². The molecule has 4 heteroatoms. The van der Waals surface area contributed by atoms with E-state index in [1.807, 2.05) is 36.4 Å². The van der Waals surface area contributed by atoms with Crippen LogP contribution in [0.25, 0.3) is 6.08 Å². The maximum absolute atomic E-state index is 11.3. The van der Waals surface area contributed by atoms with Gasteiger partial charge in [0.1, 0.15) is 6.61 Å². The van der Waals surface area contributed by atoms with E-state index in [-0.39, 0.29) is 6.09 Å². The molecule has 1 aliphatic rings. The molecule has 1 aromatic rings. The van der Waals surface area contributed by atoms with Gasteiger partial charge in [-0.25, -0.2) is 4.79 Å². The van der Waals surface area contributed by atoms with Crippen LogP contribution in [-0.4, -0.2) is 24.1 Å². The van der Waals surface area contributed by atoms with Gasteiger partial charge >= 0.3 is 6.09 Å². The number of carbonyl (C=O) groups excluding carboxylic acids is 1. The topological polar surface area (TPSA) is 29.5 Å². The molecule has 0 atom stereocenters. The number of hydrogen-bond acceptors (Lipinski definition) is 2. The van der Waals surface area contributed by atoms with Crippen LogP contribution in [0.4, 0.5) is 4.79 Å². The van der Waals surface area contributed by atoms with Gasteiger partial charge in [0.05, 0.1) is 10.2 Å². The van der Waals surface area contributed by atoms with Gasteiger partial charge in [-0.2, -0.15) is 0 Å². The van der Waals surface area contributed by atoms with Gasteiger partial charge in [-0.3, -0.25) is 4.90 Å². The van der Waals surface area contributed by atoms with E-state index in [0.29, 0.717) is 13.2 Å². The van der Waals surface area contributed by atoms with Crippen molar-refractivity contribution in [1.29, 1.82) is 0 Å². The molecule has 1 fully saturated rings. The van der Waals surface area contributed by atoms with Gasteiger partial charge in [-0.15, -0.1) is 0 Å². The monoisotopic (exact) mass is 315 g/mol. The zero-order valence-electron chi connectivity index (χ0n) is 8.02. The zero-order chi connectivity index (χ0) is 10.7. The third-order valence-corrected chi connectivity index (χ3v) is 3.00. The van der Waals surface area contributed by atoms with Crippen molar-refractivity contribution in [3.63, 3.8) is 0 Å². The van der Waals surface area contributed by atoms with E-state index >= 15 is 0 Å². The summed E-state index contributed by atoms with van der Waals surface area (Å²) in [6, 6.07) is 9.91. The van der Waals surface area contributed by atoms with E-state index in [4.69, 9.17) is 4.74 Å². The van der Waals surface area contributed by atoms with E-state index in [1.54, 1.807) is 4.90 Å². The van der Waals surface area contributed by atoms with Gasteiger partial charge in [0, 0.05) is 0 Å². The Morgan fingerprint density at radius 2 is 2.13 bits per heavy atom. The first-order valence-electron chi connectivity index (χ1n) is 4.64. The Bertz CT molecular complexity index is 389. The minimum atomic E-state index is -0.258. The Kier molecular flexibility index (Phi) is 3.25. The van der Waals surface area contributed by atoms with Crippen molar-refractivity contribution in [2.75, 3.05) is 13.2 Å². The second kappa shape index (κ2) is 4.65. The van der Waals surface area contributed by atoms with E-state index < -0.39 is 0 Å². The number of rotatable bonds is 2. The number of carbonyl (C=O) groups is 1. The van der Waals surface area contributed by atoms with Crippen molar-refractivity contribution in [3.05, 3.63) is 39.6 Å². The molecule has 15 heavy (non-hydrogen) atoms. The second-order valence-corrected chi connectivity index (χ2v) is 4.25. The molecule has 78 valence electrons. The molecule has 2 rings (SSSR count). The fraction of sp³-hybridized carbons (Fsp3) is 0.182. The third kappa shape index (κ3) is 2.50. The summed E-state index contributed by atoms with van der Waals surface area (Å²) < 4.78 is 5.76. The van der Waals surface area contributed by atoms with Gasteiger partial charge in [0.15, 0.2) is 0 Å². The van der Waals surface area contributed by atoms with Crippen LogP contribution in [0.2, 0.25) is 0 Å². The van der Waals surface area contributed by atoms with Crippen LogP contribution in [0.1, 0.15) is 5.56 Å². The molecule has 1 aliphatic heterocycles. The maximum Gasteiger partial charge on any atom is 0.414 e. The Hall–Kier alpha value is -1.04. The lowest BCUT2D eigenvalue weighted by Gasteiger charge is -2.10. The van der Waals surface area contributed by atoms with Crippen LogP contribution in [0, 0.1) is 0 Å². The number of halogens is 1.